The van der Waals surface area contributed by atoms with Crippen LogP contribution in [0.4, 0.5) is 0 Å². The summed E-state index contributed by atoms with van der Waals surface area (Å²) in [6.07, 6.45) is 2.67. The van der Waals surface area contributed by atoms with Gasteiger partial charge in [-0.2, -0.15) is 0 Å². The lowest BCUT2D eigenvalue weighted by Crippen LogP contribution is -2.46. The molecule has 0 heterocycles. The van der Waals surface area contributed by atoms with E-state index in [9.17, 15) is 14.7 Å². The molecule has 4 nitrogen and oxygen atoms in total. The summed E-state index contributed by atoms with van der Waals surface area (Å²) in [7, 11) is 0. The first kappa shape index (κ1) is 22.3. The van der Waals surface area contributed by atoms with Crippen LogP contribution in [0.15, 0.2) is 42.5 Å². The van der Waals surface area contributed by atoms with Crippen LogP contribution >= 0.6 is 23.2 Å². The average Bonchev–Trinajstić information content (AvgIpc) is 2.62. The van der Waals surface area contributed by atoms with Crippen molar-refractivity contribution in [3.63, 3.8) is 0 Å². The van der Waals surface area contributed by atoms with Crippen molar-refractivity contribution in [3.05, 3.63) is 69.2 Å². The number of aryl methyl sites for hydroxylation is 1. The first-order valence-electron chi connectivity index (χ1n) is 9.19. The molecule has 0 fully saturated rings. The lowest BCUT2D eigenvalue weighted by atomic mass is 10.00. The van der Waals surface area contributed by atoms with Crippen molar-refractivity contribution in [2.24, 2.45) is 0 Å². The zero-order valence-corrected chi connectivity index (χ0v) is 17.8. The third-order valence-corrected chi connectivity index (χ3v) is 5.24. The van der Waals surface area contributed by atoms with E-state index in [-0.39, 0.29) is 27.1 Å². The molecule has 6 heteroatoms. The van der Waals surface area contributed by atoms with Crippen LogP contribution in [0.3, 0.4) is 0 Å². The fourth-order valence-electron chi connectivity index (χ4n) is 3.03. The van der Waals surface area contributed by atoms with Gasteiger partial charge in [0.25, 0.3) is 5.91 Å². The number of hydrogen-bond donors (Lipinski definition) is 1. The van der Waals surface area contributed by atoms with Gasteiger partial charge in [-0.3, -0.25) is 4.79 Å². The molecule has 1 N–H and O–H groups in total. The van der Waals surface area contributed by atoms with E-state index >= 15 is 0 Å². The highest BCUT2D eigenvalue weighted by Crippen LogP contribution is 2.28. The summed E-state index contributed by atoms with van der Waals surface area (Å²) in [6.45, 7) is 6.31. The standard InChI is InChI=1S/C22H25Cl2NO3/c1-22(2,3)25(12-8-7-11-15-9-5-4-6-10-15)20(26)16-13-18(23)19(24)14-17(16)21(27)28/h4-6,9-10,13-14H,7-8,11-12H2,1-3H3,(H,27,28). The van der Waals surface area contributed by atoms with Crippen molar-refractivity contribution >= 4 is 35.1 Å². The molecular formula is C22H25Cl2NO3. The van der Waals surface area contributed by atoms with Gasteiger partial charge >= 0.3 is 5.97 Å². The lowest BCUT2D eigenvalue weighted by molar-refractivity contribution is 0.0563. The summed E-state index contributed by atoms with van der Waals surface area (Å²) < 4.78 is 0. The Labute approximate surface area is 176 Å². The first-order valence-corrected chi connectivity index (χ1v) is 9.95. The Bertz CT molecular complexity index is 845. The minimum Gasteiger partial charge on any atom is -0.478 e. The maximum absolute atomic E-state index is 13.2. The van der Waals surface area contributed by atoms with E-state index in [0.29, 0.717) is 6.54 Å². The highest BCUT2D eigenvalue weighted by atomic mass is 35.5. The van der Waals surface area contributed by atoms with Crippen LogP contribution in [0, 0.1) is 0 Å². The van der Waals surface area contributed by atoms with Crippen molar-refractivity contribution in [3.8, 4) is 0 Å². The zero-order chi connectivity index (χ0) is 20.9. The number of carbonyl (C=O) groups excluding carboxylic acids is 1. The molecule has 0 aliphatic heterocycles. The van der Waals surface area contributed by atoms with E-state index in [2.05, 4.69) is 12.1 Å². The van der Waals surface area contributed by atoms with Gasteiger partial charge in [0, 0.05) is 12.1 Å². The maximum Gasteiger partial charge on any atom is 0.336 e. The molecule has 2 aromatic rings. The zero-order valence-electron chi connectivity index (χ0n) is 16.3. The average molecular weight is 422 g/mol. The predicted octanol–water partition coefficient (Wildman–Crippen LogP) is 5.96. The summed E-state index contributed by atoms with van der Waals surface area (Å²) in [6, 6.07) is 12.8. The molecule has 0 spiro atoms. The number of carbonyl (C=O) groups is 2. The Kier molecular flexibility index (Phi) is 7.50. The van der Waals surface area contributed by atoms with E-state index in [0.717, 1.165) is 19.3 Å². The number of carboxylic acid groups (broad SMARTS) is 1. The van der Waals surface area contributed by atoms with Crippen LogP contribution in [0.25, 0.3) is 0 Å². The number of rotatable bonds is 7. The van der Waals surface area contributed by atoms with Gasteiger partial charge < -0.3 is 10.0 Å². The molecule has 2 rings (SSSR count). The van der Waals surface area contributed by atoms with E-state index in [1.807, 2.05) is 39.0 Å². The highest BCUT2D eigenvalue weighted by molar-refractivity contribution is 6.42. The molecule has 0 aromatic heterocycles. The van der Waals surface area contributed by atoms with Gasteiger partial charge in [0.2, 0.25) is 0 Å². The van der Waals surface area contributed by atoms with Crippen LogP contribution in [0.2, 0.25) is 10.0 Å². The molecule has 0 saturated carbocycles. The van der Waals surface area contributed by atoms with Gasteiger partial charge in [0.1, 0.15) is 0 Å². The molecule has 0 saturated heterocycles. The van der Waals surface area contributed by atoms with Crippen molar-refractivity contribution in [1.29, 1.82) is 0 Å². The third kappa shape index (κ3) is 5.73. The molecule has 0 unspecified atom stereocenters. The smallest absolute Gasteiger partial charge is 0.336 e. The van der Waals surface area contributed by atoms with Crippen molar-refractivity contribution < 1.29 is 14.7 Å². The molecule has 150 valence electrons. The van der Waals surface area contributed by atoms with Crippen molar-refractivity contribution in [2.75, 3.05) is 6.54 Å². The summed E-state index contributed by atoms with van der Waals surface area (Å²) in [4.78, 5) is 26.5. The Hall–Kier alpha value is -2.04. The quantitative estimate of drug-likeness (QED) is 0.561. The van der Waals surface area contributed by atoms with Crippen LogP contribution in [-0.4, -0.2) is 34.0 Å². The lowest BCUT2D eigenvalue weighted by Gasteiger charge is -2.36. The second-order valence-corrected chi connectivity index (χ2v) is 8.50. The Morgan fingerprint density at radius 1 is 0.964 bits per heavy atom. The molecular weight excluding hydrogens is 397 g/mol. The number of nitrogens with zero attached hydrogens (tertiary/aromatic N) is 1. The second kappa shape index (κ2) is 9.44. The number of amides is 1. The Morgan fingerprint density at radius 3 is 2.07 bits per heavy atom. The number of halogens is 2. The van der Waals surface area contributed by atoms with Crippen LogP contribution in [0.1, 0.15) is 59.9 Å². The normalized spacial score (nSPS) is 11.3. The Balaban J connectivity index is 2.18. The van der Waals surface area contributed by atoms with Gasteiger partial charge in [0.05, 0.1) is 21.2 Å². The predicted molar refractivity (Wildman–Crippen MR) is 114 cm³/mol. The van der Waals surface area contributed by atoms with E-state index in [1.165, 1.54) is 17.7 Å². The fraction of sp³-hybridized carbons (Fsp3) is 0.364. The van der Waals surface area contributed by atoms with Gasteiger partial charge in [-0.1, -0.05) is 53.5 Å². The Morgan fingerprint density at radius 2 is 1.54 bits per heavy atom. The van der Waals surface area contributed by atoms with Crippen LogP contribution < -0.4 is 0 Å². The second-order valence-electron chi connectivity index (χ2n) is 7.69. The summed E-state index contributed by atoms with van der Waals surface area (Å²) in [5.41, 5.74) is 0.706. The maximum atomic E-state index is 13.2. The fourth-order valence-corrected chi connectivity index (χ4v) is 3.36. The topological polar surface area (TPSA) is 57.6 Å². The van der Waals surface area contributed by atoms with Gasteiger partial charge in [-0.25, -0.2) is 4.79 Å². The number of carboxylic acids is 1. The molecule has 0 atom stereocenters. The third-order valence-electron chi connectivity index (χ3n) is 4.52. The minimum atomic E-state index is -1.21. The molecule has 1 amide bonds. The van der Waals surface area contributed by atoms with Gasteiger partial charge in [-0.15, -0.1) is 0 Å². The van der Waals surface area contributed by atoms with Crippen molar-refractivity contribution in [1.82, 2.24) is 4.90 Å². The molecule has 28 heavy (non-hydrogen) atoms. The summed E-state index contributed by atoms with van der Waals surface area (Å²) in [5.74, 6) is -1.57. The minimum absolute atomic E-state index is 0.0554. The van der Waals surface area contributed by atoms with E-state index < -0.39 is 11.5 Å². The number of unbranched alkanes of at least 4 members (excludes halogenated alkanes) is 1. The number of hydrogen-bond acceptors (Lipinski definition) is 2. The molecule has 0 bridgehead atoms. The van der Waals surface area contributed by atoms with E-state index in [1.54, 1.807) is 4.90 Å². The summed E-state index contributed by atoms with van der Waals surface area (Å²) >= 11 is 12.0. The number of benzene rings is 2. The van der Waals surface area contributed by atoms with Gasteiger partial charge in [0.15, 0.2) is 0 Å². The molecule has 0 aliphatic carbocycles. The molecule has 0 aliphatic rings. The largest absolute Gasteiger partial charge is 0.478 e. The SMILES string of the molecule is CC(C)(C)N(CCCCc1ccccc1)C(=O)c1cc(Cl)c(Cl)cc1C(=O)O. The number of aromatic carboxylic acids is 1. The first-order chi connectivity index (χ1) is 13.1. The van der Waals surface area contributed by atoms with Crippen LogP contribution in [0.5, 0.6) is 0 Å². The summed E-state index contributed by atoms with van der Waals surface area (Å²) in [5, 5.41) is 9.75. The van der Waals surface area contributed by atoms with Gasteiger partial charge in [-0.05, 0) is 57.7 Å². The molecule has 2 aromatic carbocycles. The van der Waals surface area contributed by atoms with Crippen molar-refractivity contribution in [2.45, 2.75) is 45.6 Å². The monoisotopic (exact) mass is 421 g/mol. The van der Waals surface area contributed by atoms with E-state index in [4.69, 9.17) is 23.2 Å². The van der Waals surface area contributed by atoms with Crippen LogP contribution in [-0.2, 0) is 6.42 Å². The molecule has 0 radical (unpaired) electrons. The highest BCUT2D eigenvalue weighted by Gasteiger charge is 2.30.